The SMILES string of the molecule is CC1(C)CC(=O)c2cc(-c3ccc(O)cc3)c(=O)oc2C1. The highest BCUT2D eigenvalue weighted by molar-refractivity contribution is 5.99. The van der Waals surface area contributed by atoms with E-state index in [9.17, 15) is 14.7 Å². The summed E-state index contributed by atoms with van der Waals surface area (Å²) in [6.45, 7) is 3.98. The van der Waals surface area contributed by atoms with E-state index in [1.165, 1.54) is 12.1 Å². The molecule has 3 rings (SSSR count). The number of carbonyl (C=O) groups excluding carboxylic acids is 1. The van der Waals surface area contributed by atoms with Crippen LogP contribution in [0.3, 0.4) is 0 Å². The van der Waals surface area contributed by atoms with Crippen molar-refractivity contribution >= 4 is 5.78 Å². The van der Waals surface area contributed by atoms with Gasteiger partial charge in [-0.05, 0) is 29.2 Å². The summed E-state index contributed by atoms with van der Waals surface area (Å²) in [6, 6.07) is 7.87. The van der Waals surface area contributed by atoms with Crippen LogP contribution < -0.4 is 5.63 Å². The number of phenols is 1. The van der Waals surface area contributed by atoms with Crippen LogP contribution in [0.15, 0.2) is 39.5 Å². The van der Waals surface area contributed by atoms with Crippen molar-refractivity contribution in [1.82, 2.24) is 0 Å². The van der Waals surface area contributed by atoms with Crippen molar-refractivity contribution in [3.63, 3.8) is 0 Å². The van der Waals surface area contributed by atoms with Crippen molar-refractivity contribution in [3.8, 4) is 16.9 Å². The molecule has 0 atom stereocenters. The summed E-state index contributed by atoms with van der Waals surface area (Å²) < 4.78 is 5.38. The topological polar surface area (TPSA) is 67.5 Å². The predicted octanol–water partition coefficient (Wildman–Crippen LogP) is 3.17. The van der Waals surface area contributed by atoms with Gasteiger partial charge in [0.05, 0.1) is 11.1 Å². The van der Waals surface area contributed by atoms with Gasteiger partial charge in [-0.3, -0.25) is 4.79 Å². The van der Waals surface area contributed by atoms with Gasteiger partial charge < -0.3 is 9.52 Å². The van der Waals surface area contributed by atoms with Crippen molar-refractivity contribution in [2.45, 2.75) is 26.7 Å². The summed E-state index contributed by atoms with van der Waals surface area (Å²) in [7, 11) is 0. The van der Waals surface area contributed by atoms with Crippen molar-refractivity contribution in [2.24, 2.45) is 5.41 Å². The van der Waals surface area contributed by atoms with Crippen LogP contribution in [0.4, 0.5) is 0 Å². The summed E-state index contributed by atoms with van der Waals surface area (Å²) in [5, 5.41) is 9.31. The van der Waals surface area contributed by atoms with Gasteiger partial charge in [-0.25, -0.2) is 4.79 Å². The van der Waals surface area contributed by atoms with E-state index in [0.717, 1.165) is 0 Å². The lowest BCUT2D eigenvalue weighted by atomic mass is 9.76. The molecule has 108 valence electrons. The fourth-order valence-corrected chi connectivity index (χ4v) is 2.74. The molecule has 0 spiro atoms. The predicted molar refractivity (Wildman–Crippen MR) is 78.5 cm³/mol. The Morgan fingerprint density at radius 1 is 1.05 bits per heavy atom. The molecule has 1 heterocycles. The van der Waals surface area contributed by atoms with Gasteiger partial charge in [0.1, 0.15) is 11.5 Å². The van der Waals surface area contributed by atoms with Crippen molar-refractivity contribution in [3.05, 3.63) is 52.1 Å². The number of fused-ring (bicyclic) bond motifs is 1. The summed E-state index contributed by atoms with van der Waals surface area (Å²) in [5.41, 5.74) is 0.839. The first-order valence-corrected chi connectivity index (χ1v) is 6.85. The Morgan fingerprint density at radius 2 is 1.71 bits per heavy atom. The average molecular weight is 284 g/mol. The molecule has 0 unspecified atom stereocenters. The van der Waals surface area contributed by atoms with E-state index < -0.39 is 5.63 Å². The Hall–Kier alpha value is -2.36. The third kappa shape index (κ3) is 2.49. The number of Topliss-reactive ketones (excluding diaryl/α,β-unsaturated/α-hetero) is 1. The Balaban J connectivity index is 2.14. The van der Waals surface area contributed by atoms with Gasteiger partial charge in [-0.1, -0.05) is 26.0 Å². The van der Waals surface area contributed by atoms with Gasteiger partial charge in [0, 0.05) is 12.8 Å². The van der Waals surface area contributed by atoms with Crippen LogP contribution in [0, 0.1) is 5.41 Å². The summed E-state index contributed by atoms with van der Waals surface area (Å²) in [6.07, 6.45) is 1.03. The summed E-state index contributed by atoms with van der Waals surface area (Å²) in [4.78, 5) is 24.4. The quantitative estimate of drug-likeness (QED) is 0.873. The molecule has 1 aliphatic rings. The molecule has 1 aliphatic carbocycles. The lowest BCUT2D eigenvalue weighted by Gasteiger charge is -2.28. The second-order valence-electron chi connectivity index (χ2n) is 6.27. The van der Waals surface area contributed by atoms with Crippen LogP contribution in [0.5, 0.6) is 5.75 Å². The third-order valence-corrected chi connectivity index (χ3v) is 3.78. The number of phenolic OH excluding ortho intramolecular Hbond substituents is 1. The van der Waals surface area contributed by atoms with E-state index in [4.69, 9.17) is 4.42 Å². The highest BCUT2D eigenvalue weighted by Gasteiger charge is 2.33. The summed E-state index contributed by atoms with van der Waals surface area (Å²) in [5.74, 6) is 0.604. The van der Waals surface area contributed by atoms with Crippen LogP contribution >= 0.6 is 0 Å². The standard InChI is InChI=1S/C17H16O4/c1-17(2)8-14(19)13-7-12(16(20)21-15(13)9-17)10-3-5-11(18)6-4-10/h3-7,18H,8-9H2,1-2H3. The first-order chi connectivity index (χ1) is 9.85. The van der Waals surface area contributed by atoms with Gasteiger partial charge in [0.25, 0.3) is 0 Å². The fourth-order valence-electron chi connectivity index (χ4n) is 2.74. The maximum absolute atomic E-state index is 12.2. The first kappa shape index (κ1) is 13.6. The first-order valence-electron chi connectivity index (χ1n) is 6.85. The lowest BCUT2D eigenvalue weighted by Crippen LogP contribution is -2.28. The number of rotatable bonds is 1. The molecule has 0 bridgehead atoms. The highest BCUT2D eigenvalue weighted by atomic mass is 16.4. The molecule has 0 radical (unpaired) electrons. The minimum Gasteiger partial charge on any atom is -0.508 e. The molecule has 0 aliphatic heterocycles. The van der Waals surface area contributed by atoms with E-state index >= 15 is 0 Å². The maximum atomic E-state index is 12.2. The van der Waals surface area contributed by atoms with Crippen molar-refractivity contribution in [2.75, 3.05) is 0 Å². The molecular weight excluding hydrogens is 268 g/mol. The monoisotopic (exact) mass is 284 g/mol. The molecular formula is C17H16O4. The number of ketones is 1. The molecule has 0 saturated carbocycles. The van der Waals surface area contributed by atoms with Crippen LogP contribution in [-0.4, -0.2) is 10.9 Å². The zero-order chi connectivity index (χ0) is 15.2. The van der Waals surface area contributed by atoms with Crippen LogP contribution in [-0.2, 0) is 6.42 Å². The minimum absolute atomic E-state index is 0.00466. The van der Waals surface area contributed by atoms with E-state index in [2.05, 4.69) is 0 Å². The van der Waals surface area contributed by atoms with E-state index in [1.807, 2.05) is 13.8 Å². The number of benzene rings is 1. The Labute approximate surface area is 122 Å². The van der Waals surface area contributed by atoms with Crippen LogP contribution in [0.1, 0.15) is 36.4 Å². The molecule has 0 fully saturated rings. The molecule has 0 saturated heterocycles. The lowest BCUT2D eigenvalue weighted by molar-refractivity contribution is 0.0898. The van der Waals surface area contributed by atoms with E-state index in [-0.39, 0.29) is 16.9 Å². The molecule has 1 aromatic carbocycles. The largest absolute Gasteiger partial charge is 0.508 e. The third-order valence-electron chi connectivity index (χ3n) is 3.78. The van der Waals surface area contributed by atoms with E-state index in [1.54, 1.807) is 18.2 Å². The smallest absolute Gasteiger partial charge is 0.343 e. The Bertz CT molecular complexity index is 766. The van der Waals surface area contributed by atoms with Gasteiger partial charge in [0.2, 0.25) is 0 Å². The normalized spacial score (nSPS) is 16.6. The number of hydrogen-bond donors (Lipinski definition) is 1. The number of hydrogen-bond acceptors (Lipinski definition) is 4. The molecule has 1 N–H and O–H groups in total. The van der Waals surface area contributed by atoms with Gasteiger partial charge in [-0.15, -0.1) is 0 Å². The second-order valence-corrected chi connectivity index (χ2v) is 6.27. The van der Waals surface area contributed by atoms with E-state index in [0.29, 0.717) is 35.3 Å². The highest BCUT2D eigenvalue weighted by Crippen LogP contribution is 2.35. The van der Waals surface area contributed by atoms with Gasteiger partial charge in [0.15, 0.2) is 5.78 Å². The number of aromatic hydroxyl groups is 1. The molecule has 2 aromatic rings. The summed E-state index contributed by atoms with van der Waals surface area (Å²) >= 11 is 0. The zero-order valence-electron chi connectivity index (χ0n) is 12.0. The van der Waals surface area contributed by atoms with Crippen LogP contribution in [0.25, 0.3) is 11.1 Å². The molecule has 0 amide bonds. The Kier molecular flexibility index (Phi) is 2.97. The second kappa shape index (κ2) is 4.58. The molecule has 21 heavy (non-hydrogen) atoms. The van der Waals surface area contributed by atoms with Gasteiger partial charge in [-0.2, -0.15) is 0 Å². The van der Waals surface area contributed by atoms with Crippen molar-refractivity contribution < 1.29 is 14.3 Å². The van der Waals surface area contributed by atoms with Gasteiger partial charge >= 0.3 is 5.63 Å². The maximum Gasteiger partial charge on any atom is 0.343 e. The Morgan fingerprint density at radius 3 is 2.38 bits per heavy atom. The molecule has 1 aromatic heterocycles. The van der Waals surface area contributed by atoms with Crippen LogP contribution in [0.2, 0.25) is 0 Å². The average Bonchev–Trinajstić information content (AvgIpc) is 2.38. The van der Waals surface area contributed by atoms with Crippen molar-refractivity contribution in [1.29, 1.82) is 0 Å². The minimum atomic E-state index is -0.454. The molecule has 4 heteroatoms. The zero-order valence-corrected chi connectivity index (χ0v) is 12.0. The number of carbonyl (C=O) groups is 1. The molecule has 4 nitrogen and oxygen atoms in total. The fraction of sp³-hybridized carbons (Fsp3) is 0.294.